The number of nitrogens with zero attached hydrogens (tertiary/aromatic N) is 3. The van der Waals surface area contributed by atoms with E-state index in [4.69, 9.17) is 11.6 Å². The predicted octanol–water partition coefficient (Wildman–Crippen LogP) is 3.59. The van der Waals surface area contributed by atoms with Crippen LogP contribution in [0.4, 0.5) is 11.4 Å². The van der Waals surface area contributed by atoms with Gasteiger partial charge in [0.1, 0.15) is 5.69 Å². The maximum Gasteiger partial charge on any atom is 0.267 e. The molecule has 0 bridgehead atoms. The maximum atomic E-state index is 12.9. The molecule has 0 unspecified atom stereocenters. The Morgan fingerprint density at radius 3 is 2.68 bits per heavy atom. The number of fused-ring (bicyclic) bond motifs is 3. The number of amidine groups is 1. The SMILES string of the molecule is [O-][N+]1=C(c2ccc(Cl)cc2)C2=NCCCN2c2ccccc21. The van der Waals surface area contributed by atoms with E-state index in [1.54, 1.807) is 12.1 Å². The number of halogens is 1. The van der Waals surface area contributed by atoms with E-state index >= 15 is 0 Å². The first-order chi connectivity index (χ1) is 10.8. The van der Waals surface area contributed by atoms with E-state index in [2.05, 4.69) is 9.89 Å². The second-order valence-electron chi connectivity index (χ2n) is 5.35. The Morgan fingerprint density at radius 2 is 1.86 bits per heavy atom. The summed E-state index contributed by atoms with van der Waals surface area (Å²) in [6, 6.07) is 15.0. The highest BCUT2D eigenvalue weighted by atomic mass is 35.5. The Labute approximate surface area is 133 Å². The van der Waals surface area contributed by atoms with Crippen LogP contribution < -0.4 is 4.90 Å². The van der Waals surface area contributed by atoms with E-state index in [1.165, 1.54) is 0 Å². The molecule has 2 aliphatic rings. The van der Waals surface area contributed by atoms with Crippen LogP contribution in [0.25, 0.3) is 0 Å². The fourth-order valence-electron chi connectivity index (χ4n) is 2.97. The predicted molar refractivity (Wildman–Crippen MR) is 89.6 cm³/mol. The lowest BCUT2D eigenvalue weighted by Crippen LogP contribution is -2.46. The van der Waals surface area contributed by atoms with Gasteiger partial charge in [-0.1, -0.05) is 23.7 Å². The fraction of sp³-hybridized carbons (Fsp3) is 0.176. The van der Waals surface area contributed by atoms with E-state index in [0.717, 1.165) is 41.3 Å². The van der Waals surface area contributed by atoms with Crippen LogP contribution >= 0.6 is 11.6 Å². The Hall–Kier alpha value is -2.33. The topological polar surface area (TPSA) is 41.7 Å². The van der Waals surface area contributed by atoms with Crippen LogP contribution in [0.2, 0.25) is 5.02 Å². The summed E-state index contributed by atoms with van der Waals surface area (Å²) in [6.07, 6.45) is 0.991. The van der Waals surface area contributed by atoms with Gasteiger partial charge in [-0.15, -0.1) is 0 Å². The van der Waals surface area contributed by atoms with E-state index in [-0.39, 0.29) is 0 Å². The summed E-state index contributed by atoms with van der Waals surface area (Å²) >= 11 is 5.96. The molecule has 22 heavy (non-hydrogen) atoms. The minimum Gasteiger partial charge on any atom is -0.618 e. The summed E-state index contributed by atoms with van der Waals surface area (Å²) in [4.78, 5) is 6.75. The molecule has 2 heterocycles. The number of aliphatic imine (C=N–C) groups is 1. The molecule has 0 fully saturated rings. The molecule has 110 valence electrons. The van der Waals surface area contributed by atoms with Crippen LogP contribution in [-0.2, 0) is 0 Å². The van der Waals surface area contributed by atoms with Crippen molar-refractivity contribution < 1.29 is 4.74 Å². The Morgan fingerprint density at radius 1 is 1.09 bits per heavy atom. The van der Waals surface area contributed by atoms with Gasteiger partial charge in [-0.05, 0) is 36.8 Å². The maximum absolute atomic E-state index is 12.9. The number of rotatable bonds is 1. The van der Waals surface area contributed by atoms with E-state index in [9.17, 15) is 5.21 Å². The third-order valence-corrected chi connectivity index (χ3v) is 4.23. The van der Waals surface area contributed by atoms with Gasteiger partial charge in [0, 0.05) is 24.2 Å². The standard InChI is InChI=1S/C17H14ClN3O/c18-13-8-6-12(7-9-13)16-17-19-10-3-11-20(17)14-4-1-2-5-15(14)21(16)22/h1-2,4-9H,3,10-11H2. The number of hydrogen-bond acceptors (Lipinski definition) is 3. The monoisotopic (exact) mass is 311 g/mol. The highest BCUT2D eigenvalue weighted by molar-refractivity contribution is 6.51. The van der Waals surface area contributed by atoms with Crippen LogP contribution in [-0.4, -0.2) is 29.4 Å². The molecule has 0 spiro atoms. The molecule has 0 atom stereocenters. The summed E-state index contributed by atoms with van der Waals surface area (Å²) < 4.78 is 0.985. The fourth-order valence-corrected chi connectivity index (χ4v) is 3.10. The Bertz CT molecular complexity index is 796. The normalized spacial score (nSPS) is 17.0. The van der Waals surface area contributed by atoms with Gasteiger partial charge in [-0.3, -0.25) is 4.99 Å². The molecular weight excluding hydrogens is 298 g/mol. The second kappa shape index (κ2) is 5.14. The minimum atomic E-state index is 0.593. The summed E-state index contributed by atoms with van der Waals surface area (Å²) in [7, 11) is 0. The van der Waals surface area contributed by atoms with E-state index in [1.807, 2.05) is 36.4 Å². The lowest BCUT2D eigenvalue weighted by Gasteiger charge is -2.33. The van der Waals surface area contributed by atoms with Gasteiger partial charge in [0.05, 0.1) is 5.56 Å². The number of hydrogen-bond donors (Lipinski definition) is 0. The second-order valence-corrected chi connectivity index (χ2v) is 5.79. The van der Waals surface area contributed by atoms with E-state index < -0.39 is 0 Å². The van der Waals surface area contributed by atoms with Gasteiger partial charge in [0.2, 0.25) is 11.5 Å². The van der Waals surface area contributed by atoms with Gasteiger partial charge in [0.25, 0.3) is 5.71 Å². The quantitative estimate of drug-likeness (QED) is 0.596. The van der Waals surface area contributed by atoms with Crippen LogP contribution in [0.15, 0.2) is 53.5 Å². The smallest absolute Gasteiger partial charge is 0.267 e. The summed E-state index contributed by atoms with van der Waals surface area (Å²) in [5.74, 6) is 0.752. The number of benzene rings is 2. The van der Waals surface area contributed by atoms with Crippen LogP contribution in [0.1, 0.15) is 12.0 Å². The van der Waals surface area contributed by atoms with Gasteiger partial charge in [-0.25, -0.2) is 0 Å². The lowest BCUT2D eigenvalue weighted by atomic mass is 10.0. The molecule has 5 heteroatoms. The first-order valence-corrected chi connectivity index (χ1v) is 7.65. The van der Waals surface area contributed by atoms with Gasteiger partial charge < -0.3 is 10.1 Å². The highest BCUT2D eigenvalue weighted by Gasteiger charge is 2.36. The molecule has 0 amide bonds. The van der Waals surface area contributed by atoms with Crippen molar-refractivity contribution in [2.24, 2.45) is 4.99 Å². The first kappa shape index (κ1) is 13.3. The minimum absolute atomic E-state index is 0.593. The van der Waals surface area contributed by atoms with Crippen molar-refractivity contribution in [3.05, 3.63) is 64.3 Å². The van der Waals surface area contributed by atoms with Crippen molar-refractivity contribution in [2.45, 2.75) is 6.42 Å². The van der Waals surface area contributed by atoms with Gasteiger partial charge >= 0.3 is 0 Å². The van der Waals surface area contributed by atoms with Crippen LogP contribution in [0.5, 0.6) is 0 Å². The molecule has 2 aliphatic heterocycles. The molecule has 0 saturated carbocycles. The first-order valence-electron chi connectivity index (χ1n) is 7.27. The average Bonchev–Trinajstić information content (AvgIpc) is 2.57. The third-order valence-electron chi connectivity index (χ3n) is 3.98. The highest BCUT2D eigenvalue weighted by Crippen LogP contribution is 2.34. The molecule has 0 radical (unpaired) electrons. The van der Waals surface area contributed by atoms with Crippen molar-refractivity contribution in [3.8, 4) is 0 Å². The van der Waals surface area contributed by atoms with Crippen molar-refractivity contribution in [3.63, 3.8) is 0 Å². The van der Waals surface area contributed by atoms with Crippen LogP contribution in [0, 0.1) is 5.21 Å². The zero-order chi connectivity index (χ0) is 15.1. The summed E-state index contributed by atoms with van der Waals surface area (Å²) in [5.41, 5.74) is 3.01. The molecule has 0 aliphatic carbocycles. The Balaban J connectivity index is 1.98. The molecule has 4 nitrogen and oxygen atoms in total. The average molecular weight is 312 g/mol. The number of para-hydroxylation sites is 2. The molecular formula is C17H14ClN3O. The van der Waals surface area contributed by atoms with Crippen molar-refractivity contribution in [1.82, 2.24) is 0 Å². The van der Waals surface area contributed by atoms with Crippen molar-refractivity contribution >= 4 is 34.5 Å². The van der Waals surface area contributed by atoms with Crippen molar-refractivity contribution in [1.29, 1.82) is 0 Å². The molecule has 0 N–H and O–H groups in total. The largest absolute Gasteiger partial charge is 0.618 e. The Kier molecular flexibility index (Phi) is 3.12. The molecule has 2 aromatic carbocycles. The lowest BCUT2D eigenvalue weighted by molar-refractivity contribution is -0.358. The zero-order valence-electron chi connectivity index (χ0n) is 11.9. The van der Waals surface area contributed by atoms with Crippen molar-refractivity contribution in [2.75, 3.05) is 18.0 Å². The van der Waals surface area contributed by atoms with Gasteiger partial charge in [0.15, 0.2) is 0 Å². The molecule has 0 saturated heterocycles. The summed E-state index contributed by atoms with van der Waals surface area (Å²) in [6.45, 7) is 1.62. The molecule has 4 rings (SSSR count). The van der Waals surface area contributed by atoms with Crippen LogP contribution in [0.3, 0.4) is 0 Å². The molecule has 2 aromatic rings. The summed E-state index contributed by atoms with van der Waals surface area (Å²) in [5, 5.41) is 13.5. The number of anilines is 1. The molecule has 0 aromatic heterocycles. The third kappa shape index (κ3) is 1.99. The van der Waals surface area contributed by atoms with Gasteiger partial charge in [-0.2, -0.15) is 4.74 Å². The van der Waals surface area contributed by atoms with E-state index in [0.29, 0.717) is 16.4 Å². The zero-order valence-corrected chi connectivity index (χ0v) is 12.6.